The van der Waals surface area contributed by atoms with Crippen LogP contribution in [0, 0.1) is 6.92 Å². The second kappa shape index (κ2) is 4.18. The van der Waals surface area contributed by atoms with Crippen molar-refractivity contribution in [2.75, 3.05) is 17.3 Å². The Balaban J connectivity index is 2.21. The molecule has 1 aliphatic rings. The first-order chi connectivity index (χ1) is 6.81. The summed E-state index contributed by atoms with van der Waals surface area (Å²) >= 11 is 5.92. The lowest BCUT2D eigenvalue weighted by Gasteiger charge is -2.24. The van der Waals surface area contributed by atoms with Gasteiger partial charge in [-0.25, -0.2) is 4.98 Å². The molecule has 3 heteroatoms. The van der Waals surface area contributed by atoms with E-state index in [-0.39, 0.29) is 0 Å². The first-order valence-corrected chi connectivity index (χ1v) is 5.60. The van der Waals surface area contributed by atoms with Crippen molar-refractivity contribution in [3.63, 3.8) is 0 Å². The van der Waals surface area contributed by atoms with Gasteiger partial charge in [0.05, 0.1) is 0 Å². The molecule has 0 amide bonds. The summed E-state index contributed by atoms with van der Waals surface area (Å²) in [6, 6.07) is 4.63. The molecule has 1 unspecified atom stereocenters. The summed E-state index contributed by atoms with van der Waals surface area (Å²) in [5.41, 5.74) is 1.26. The van der Waals surface area contributed by atoms with Crippen LogP contribution in [0.25, 0.3) is 0 Å². The highest BCUT2D eigenvalue weighted by molar-refractivity contribution is 6.18. The van der Waals surface area contributed by atoms with Crippen molar-refractivity contribution in [3.8, 4) is 0 Å². The molecule has 0 bridgehead atoms. The molecular formula is C11H15ClN2. The van der Waals surface area contributed by atoms with Crippen LogP contribution in [0.15, 0.2) is 18.3 Å². The fourth-order valence-corrected chi connectivity index (χ4v) is 2.30. The first-order valence-electron chi connectivity index (χ1n) is 5.06. The number of nitrogens with zero attached hydrogens (tertiary/aromatic N) is 2. The summed E-state index contributed by atoms with van der Waals surface area (Å²) in [5, 5.41) is 0. The van der Waals surface area contributed by atoms with Gasteiger partial charge in [-0.05, 0) is 37.5 Å². The van der Waals surface area contributed by atoms with Crippen LogP contribution < -0.4 is 4.90 Å². The third-order valence-electron chi connectivity index (χ3n) is 2.75. The smallest absolute Gasteiger partial charge is 0.129 e. The van der Waals surface area contributed by atoms with E-state index in [0.717, 1.165) is 12.4 Å². The second-order valence-electron chi connectivity index (χ2n) is 3.84. The quantitative estimate of drug-likeness (QED) is 0.698. The maximum Gasteiger partial charge on any atom is 0.129 e. The number of aryl methyl sites for hydroxylation is 1. The van der Waals surface area contributed by atoms with Crippen LogP contribution >= 0.6 is 11.6 Å². The Labute approximate surface area is 89.9 Å². The normalized spacial score (nSPS) is 21.6. The highest BCUT2D eigenvalue weighted by Gasteiger charge is 2.24. The summed E-state index contributed by atoms with van der Waals surface area (Å²) < 4.78 is 0. The number of anilines is 1. The SMILES string of the molecule is Cc1ccnc(N2CCCC2CCl)c1. The number of hydrogen-bond acceptors (Lipinski definition) is 2. The Hall–Kier alpha value is -0.760. The molecule has 0 N–H and O–H groups in total. The average Bonchev–Trinajstić information content (AvgIpc) is 2.65. The zero-order chi connectivity index (χ0) is 9.97. The molecule has 1 aromatic heterocycles. The number of halogens is 1. The summed E-state index contributed by atoms with van der Waals surface area (Å²) in [7, 11) is 0. The molecule has 1 aromatic rings. The maximum absolute atomic E-state index is 5.92. The van der Waals surface area contributed by atoms with Crippen LogP contribution in [-0.2, 0) is 0 Å². The van der Waals surface area contributed by atoms with Crippen molar-refractivity contribution in [2.24, 2.45) is 0 Å². The van der Waals surface area contributed by atoms with Gasteiger partial charge in [0.25, 0.3) is 0 Å². The van der Waals surface area contributed by atoms with Gasteiger partial charge >= 0.3 is 0 Å². The number of aromatic nitrogens is 1. The summed E-state index contributed by atoms with van der Waals surface area (Å²) in [6.07, 6.45) is 4.29. The van der Waals surface area contributed by atoms with E-state index in [1.165, 1.54) is 18.4 Å². The Kier molecular flexibility index (Phi) is 2.92. The van der Waals surface area contributed by atoms with Crippen molar-refractivity contribution in [2.45, 2.75) is 25.8 Å². The molecule has 0 aromatic carbocycles. The van der Waals surface area contributed by atoms with Crippen LogP contribution in [0.1, 0.15) is 18.4 Å². The Morgan fingerprint density at radius 2 is 2.50 bits per heavy atom. The van der Waals surface area contributed by atoms with Gasteiger partial charge in [0, 0.05) is 24.7 Å². The Morgan fingerprint density at radius 3 is 3.21 bits per heavy atom. The van der Waals surface area contributed by atoms with Gasteiger partial charge in [-0.15, -0.1) is 11.6 Å². The first kappa shape index (κ1) is 9.78. The molecule has 1 fully saturated rings. The monoisotopic (exact) mass is 210 g/mol. The van der Waals surface area contributed by atoms with E-state index in [1.807, 2.05) is 12.3 Å². The highest BCUT2D eigenvalue weighted by Crippen LogP contribution is 2.24. The molecule has 1 saturated heterocycles. The van der Waals surface area contributed by atoms with E-state index in [2.05, 4.69) is 22.9 Å². The van der Waals surface area contributed by atoms with Gasteiger partial charge in [0.1, 0.15) is 5.82 Å². The lowest BCUT2D eigenvalue weighted by atomic mass is 10.2. The highest BCUT2D eigenvalue weighted by atomic mass is 35.5. The minimum Gasteiger partial charge on any atom is -0.352 e. The number of rotatable bonds is 2. The van der Waals surface area contributed by atoms with E-state index >= 15 is 0 Å². The van der Waals surface area contributed by atoms with E-state index < -0.39 is 0 Å². The molecule has 0 aliphatic carbocycles. The van der Waals surface area contributed by atoms with Crippen molar-refractivity contribution in [1.82, 2.24) is 4.98 Å². The lowest BCUT2D eigenvalue weighted by molar-refractivity contribution is 0.733. The molecule has 2 rings (SSSR count). The summed E-state index contributed by atoms with van der Waals surface area (Å²) in [4.78, 5) is 6.71. The maximum atomic E-state index is 5.92. The molecule has 1 aliphatic heterocycles. The molecule has 14 heavy (non-hydrogen) atoms. The van der Waals surface area contributed by atoms with Crippen molar-refractivity contribution in [3.05, 3.63) is 23.9 Å². The average molecular weight is 211 g/mol. The molecule has 2 nitrogen and oxygen atoms in total. The topological polar surface area (TPSA) is 16.1 Å². The fraction of sp³-hybridized carbons (Fsp3) is 0.545. The van der Waals surface area contributed by atoms with Gasteiger partial charge in [0.15, 0.2) is 0 Å². The Bertz CT molecular complexity index is 314. The zero-order valence-corrected chi connectivity index (χ0v) is 9.17. The zero-order valence-electron chi connectivity index (χ0n) is 8.41. The minimum atomic E-state index is 0.478. The molecule has 76 valence electrons. The third kappa shape index (κ3) is 1.85. The third-order valence-corrected chi connectivity index (χ3v) is 3.11. The van der Waals surface area contributed by atoms with Crippen molar-refractivity contribution >= 4 is 17.4 Å². The Morgan fingerprint density at radius 1 is 1.64 bits per heavy atom. The summed E-state index contributed by atoms with van der Waals surface area (Å²) in [6.45, 7) is 3.19. The standard InChI is InChI=1S/C11H15ClN2/c1-9-4-5-13-11(7-9)14-6-2-3-10(14)8-12/h4-5,7,10H,2-3,6,8H2,1H3. The molecular weight excluding hydrogens is 196 g/mol. The van der Waals surface area contributed by atoms with Gasteiger partial charge in [0.2, 0.25) is 0 Å². The van der Waals surface area contributed by atoms with E-state index in [1.54, 1.807) is 0 Å². The van der Waals surface area contributed by atoms with Gasteiger partial charge in [-0.1, -0.05) is 0 Å². The molecule has 0 spiro atoms. The van der Waals surface area contributed by atoms with Crippen molar-refractivity contribution in [1.29, 1.82) is 0 Å². The van der Waals surface area contributed by atoms with Gasteiger partial charge in [-0.2, -0.15) is 0 Å². The second-order valence-corrected chi connectivity index (χ2v) is 4.14. The van der Waals surface area contributed by atoms with Crippen LogP contribution in [0.2, 0.25) is 0 Å². The van der Waals surface area contributed by atoms with Crippen LogP contribution in [0.4, 0.5) is 5.82 Å². The molecule has 0 saturated carbocycles. The molecule has 0 radical (unpaired) electrons. The number of alkyl halides is 1. The van der Waals surface area contributed by atoms with E-state index in [0.29, 0.717) is 11.9 Å². The van der Waals surface area contributed by atoms with Gasteiger partial charge in [-0.3, -0.25) is 0 Å². The van der Waals surface area contributed by atoms with Crippen molar-refractivity contribution < 1.29 is 0 Å². The largest absolute Gasteiger partial charge is 0.352 e. The predicted molar refractivity (Wildman–Crippen MR) is 60.1 cm³/mol. The van der Waals surface area contributed by atoms with Crippen LogP contribution in [-0.4, -0.2) is 23.5 Å². The van der Waals surface area contributed by atoms with Gasteiger partial charge < -0.3 is 4.90 Å². The van der Waals surface area contributed by atoms with Crippen LogP contribution in [0.5, 0.6) is 0 Å². The number of hydrogen-bond donors (Lipinski definition) is 0. The fourth-order valence-electron chi connectivity index (χ4n) is 1.98. The lowest BCUT2D eigenvalue weighted by Crippen LogP contribution is -2.31. The number of pyridine rings is 1. The summed E-state index contributed by atoms with van der Waals surface area (Å²) in [5.74, 6) is 1.78. The molecule has 1 atom stereocenters. The van der Waals surface area contributed by atoms with Crippen LogP contribution in [0.3, 0.4) is 0 Å². The molecule has 2 heterocycles. The minimum absolute atomic E-state index is 0.478. The predicted octanol–water partition coefficient (Wildman–Crippen LogP) is 2.60. The van der Waals surface area contributed by atoms with E-state index in [9.17, 15) is 0 Å². The van der Waals surface area contributed by atoms with E-state index in [4.69, 9.17) is 11.6 Å².